The lowest BCUT2D eigenvalue weighted by molar-refractivity contribution is 0.972. The lowest BCUT2D eigenvalue weighted by Crippen LogP contribution is -1.91. The first-order chi connectivity index (χ1) is 10.9. The Bertz CT molecular complexity index is 538. The average molecular weight is 290 g/mol. The second-order valence-electron chi connectivity index (χ2n) is 6.21. The fourth-order valence-corrected chi connectivity index (χ4v) is 3.28. The van der Waals surface area contributed by atoms with Gasteiger partial charge in [-0.3, -0.25) is 0 Å². The summed E-state index contributed by atoms with van der Waals surface area (Å²) >= 11 is 0. The van der Waals surface area contributed by atoms with Crippen LogP contribution in [0.25, 0.3) is 11.1 Å². The fourth-order valence-electron chi connectivity index (χ4n) is 3.28. The number of rotatable bonds is 2. The summed E-state index contributed by atoms with van der Waals surface area (Å²) in [5.41, 5.74) is 5.85. The van der Waals surface area contributed by atoms with Crippen LogP contribution >= 0.6 is 0 Å². The first-order valence-corrected chi connectivity index (χ1v) is 8.72. The molecule has 0 aromatic heterocycles. The topological polar surface area (TPSA) is 0 Å². The Kier molecular flexibility index (Phi) is 5.48. The van der Waals surface area contributed by atoms with E-state index in [4.69, 9.17) is 0 Å². The van der Waals surface area contributed by atoms with Gasteiger partial charge in [0, 0.05) is 0 Å². The molecule has 2 aliphatic rings. The van der Waals surface area contributed by atoms with Crippen LogP contribution in [0, 0.1) is 0 Å². The first kappa shape index (κ1) is 15.1. The summed E-state index contributed by atoms with van der Waals surface area (Å²) in [4.78, 5) is 0. The molecule has 0 fully saturated rings. The molecule has 0 saturated heterocycles. The Morgan fingerprint density at radius 2 is 0.864 bits per heavy atom. The van der Waals surface area contributed by atoms with Crippen LogP contribution in [-0.2, 0) is 0 Å². The summed E-state index contributed by atoms with van der Waals surface area (Å²) < 4.78 is 0. The van der Waals surface area contributed by atoms with Crippen molar-refractivity contribution in [2.24, 2.45) is 0 Å². The summed E-state index contributed by atoms with van der Waals surface area (Å²) in [5, 5.41) is 0. The van der Waals surface area contributed by atoms with Crippen molar-refractivity contribution in [2.45, 2.75) is 51.4 Å². The molecule has 0 radical (unpaired) electrons. The van der Waals surface area contributed by atoms with Gasteiger partial charge in [0.15, 0.2) is 0 Å². The third-order valence-corrected chi connectivity index (χ3v) is 4.57. The quantitative estimate of drug-likeness (QED) is 0.531. The van der Waals surface area contributed by atoms with Gasteiger partial charge in [-0.2, -0.15) is 0 Å². The first-order valence-electron chi connectivity index (χ1n) is 8.72. The highest BCUT2D eigenvalue weighted by Gasteiger charge is 2.06. The third kappa shape index (κ3) is 4.10. The van der Waals surface area contributed by atoms with Crippen molar-refractivity contribution in [1.29, 1.82) is 0 Å². The Labute approximate surface area is 135 Å². The van der Waals surface area contributed by atoms with E-state index in [-0.39, 0.29) is 0 Å². The van der Waals surface area contributed by atoms with Crippen LogP contribution < -0.4 is 0 Å². The molecule has 0 spiro atoms. The molecule has 0 unspecified atom stereocenters. The minimum absolute atomic E-state index is 1.17. The second kappa shape index (κ2) is 7.98. The van der Waals surface area contributed by atoms with Gasteiger partial charge in [0.05, 0.1) is 0 Å². The van der Waals surface area contributed by atoms with E-state index in [1.165, 1.54) is 73.6 Å². The Morgan fingerprint density at radius 1 is 0.455 bits per heavy atom. The molecular formula is C22H26. The third-order valence-electron chi connectivity index (χ3n) is 4.57. The smallest absolute Gasteiger partial charge is 0.0227 e. The van der Waals surface area contributed by atoms with Crippen LogP contribution in [-0.4, -0.2) is 0 Å². The summed E-state index contributed by atoms with van der Waals surface area (Å²) in [7, 11) is 0. The molecule has 0 bridgehead atoms. The van der Waals surface area contributed by atoms with Gasteiger partial charge >= 0.3 is 0 Å². The molecule has 0 atom stereocenters. The minimum Gasteiger partial charge on any atom is -0.0882 e. The Balaban J connectivity index is 1.74. The van der Waals surface area contributed by atoms with Crippen molar-refractivity contribution in [2.75, 3.05) is 0 Å². The number of allylic oxidation sites excluding steroid dienone is 8. The van der Waals surface area contributed by atoms with E-state index in [0.29, 0.717) is 0 Å². The molecule has 0 amide bonds. The normalized spacial score (nSPS) is 27.1. The van der Waals surface area contributed by atoms with E-state index < -0.39 is 0 Å². The van der Waals surface area contributed by atoms with E-state index in [1.807, 2.05) is 0 Å². The van der Waals surface area contributed by atoms with Gasteiger partial charge in [0.25, 0.3) is 0 Å². The fraction of sp³-hybridized carbons (Fsp3) is 0.364. The van der Waals surface area contributed by atoms with Crippen molar-refractivity contribution in [3.63, 3.8) is 0 Å². The van der Waals surface area contributed by atoms with Gasteiger partial charge in [-0.25, -0.2) is 0 Å². The van der Waals surface area contributed by atoms with Crippen LogP contribution in [0.2, 0.25) is 0 Å². The van der Waals surface area contributed by atoms with Crippen molar-refractivity contribution in [3.05, 3.63) is 71.8 Å². The molecule has 22 heavy (non-hydrogen) atoms. The molecular weight excluding hydrogens is 264 g/mol. The van der Waals surface area contributed by atoms with Crippen LogP contribution in [0.4, 0.5) is 0 Å². The van der Waals surface area contributed by atoms with Gasteiger partial charge in [0.1, 0.15) is 0 Å². The Morgan fingerprint density at radius 3 is 1.32 bits per heavy atom. The summed E-state index contributed by atoms with van der Waals surface area (Å²) in [6.07, 6.45) is 23.5. The maximum absolute atomic E-state index is 2.43. The molecule has 0 N–H and O–H groups in total. The predicted octanol–water partition coefficient (Wildman–Crippen LogP) is 6.71. The van der Waals surface area contributed by atoms with Gasteiger partial charge in [-0.05, 0) is 73.6 Å². The molecule has 0 nitrogen and oxygen atoms in total. The lowest BCUT2D eigenvalue weighted by atomic mass is 9.93. The van der Waals surface area contributed by atoms with Gasteiger partial charge in [-0.1, -0.05) is 60.7 Å². The van der Waals surface area contributed by atoms with E-state index in [0.717, 1.165) is 0 Å². The monoisotopic (exact) mass is 290 g/mol. The van der Waals surface area contributed by atoms with Crippen molar-refractivity contribution in [3.8, 4) is 0 Å². The minimum atomic E-state index is 1.17. The van der Waals surface area contributed by atoms with Crippen LogP contribution in [0.1, 0.15) is 62.5 Å². The maximum atomic E-state index is 2.43. The number of hydrogen-bond donors (Lipinski definition) is 0. The number of benzene rings is 1. The van der Waals surface area contributed by atoms with Crippen molar-refractivity contribution in [1.82, 2.24) is 0 Å². The summed E-state index contributed by atoms with van der Waals surface area (Å²) in [5.74, 6) is 0. The maximum Gasteiger partial charge on any atom is -0.0227 e. The zero-order chi connectivity index (χ0) is 15.0. The highest BCUT2D eigenvalue weighted by Crippen LogP contribution is 2.27. The highest BCUT2D eigenvalue weighted by atomic mass is 14.1. The summed E-state index contributed by atoms with van der Waals surface area (Å²) in [6.45, 7) is 0. The van der Waals surface area contributed by atoms with Gasteiger partial charge in [-0.15, -0.1) is 0 Å². The molecule has 0 heterocycles. The zero-order valence-corrected chi connectivity index (χ0v) is 13.4. The molecule has 0 heteroatoms. The molecule has 0 aliphatic heterocycles. The zero-order valence-electron chi connectivity index (χ0n) is 13.4. The largest absolute Gasteiger partial charge is 0.0882 e. The molecule has 114 valence electrons. The van der Waals surface area contributed by atoms with Crippen molar-refractivity contribution >= 4 is 11.1 Å². The lowest BCUT2D eigenvalue weighted by Gasteiger charge is -2.12. The SMILES string of the molecule is C1=C\CC/C(c2ccc(/C3=C/CC/C=C\CC3)cc2)=C\CC/1. The number of hydrogen-bond acceptors (Lipinski definition) is 0. The van der Waals surface area contributed by atoms with Crippen LogP contribution in [0.5, 0.6) is 0 Å². The van der Waals surface area contributed by atoms with Gasteiger partial charge in [0.2, 0.25) is 0 Å². The molecule has 1 aromatic rings. The van der Waals surface area contributed by atoms with E-state index in [2.05, 4.69) is 60.7 Å². The van der Waals surface area contributed by atoms with Gasteiger partial charge < -0.3 is 0 Å². The molecule has 0 saturated carbocycles. The van der Waals surface area contributed by atoms with E-state index in [9.17, 15) is 0 Å². The molecule has 1 aromatic carbocycles. The van der Waals surface area contributed by atoms with Crippen LogP contribution in [0.15, 0.2) is 60.7 Å². The predicted molar refractivity (Wildman–Crippen MR) is 97.6 cm³/mol. The van der Waals surface area contributed by atoms with Crippen LogP contribution in [0.3, 0.4) is 0 Å². The molecule has 2 aliphatic carbocycles. The van der Waals surface area contributed by atoms with E-state index >= 15 is 0 Å². The second-order valence-corrected chi connectivity index (χ2v) is 6.21. The standard InChI is InChI=1S/C22H26/c1-3-7-11-19(12-8-4-1)21-15-17-22(18-16-21)20-13-9-5-2-6-10-14-20/h1-3,5,12,14-18H,4,6-11,13H2/b3-1-,5-2-,19-12+,20-14+. The Hall–Kier alpha value is -1.82. The van der Waals surface area contributed by atoms with E-state index in [1.54, 1.807) is 0 Å². The highest BCUT2D eigenvalue weighted by molar-refractivity contribution is 5.71. The average Bonchev–Trinajstić information content (AvgIpc) is 2.47. The molecule has 3 rings (SSSR count). The van der Waals surface area contributed by atoms with Crippen molar-refractivity contribution < 1.29 is 0 Å². The summed E-state index contributed by atoms with van der Waals surface area (Å²) in [6, 6.07) is 9.29.